The molecule has 1 aliphatic heterocycles. The van der Waals surface area contributed by atoms with Crippen LogP contribution in [0.1, 0.15) is 39.0 Å². The summed E-state index contributed by atoms with van der Waals surface area (Å²) < 4.78 is 0. The number of nitrogens with zero attached hydrogens (tertiary/aromatic N) is 2. The molecule has 0 aromatic heterocycles. The predicted molar refractivity (Wildman–Crippen MR) is 82.1 cm³/mol. The number of carboxylic acid groups (broad SMARTS) is 1. The third kappa shape index (κ3) is 5.04. The maximum absolute atomic E-state index is 11.2. The lowest BCUT2D eigenvalue weighted by atomic mass is 9.95. The van der Waals surface area contributed by atoms with Crippen LogP contribution in [0.2, 0.25) is 0 Å². The molecule has 0 spiro atoms. The van der Waals surface area contributed by atoms with Gasteiger partial charge in [-0.05, 0) is 79.8 Å². The molecule has 118 valence electrons. The molecule has 1 atom stereocenters. The molecule has 1 unspecified atom stereocenters. The van der Waals surface area contributed by atoms with Crippen molar-refractivity contribution in [2.24, 2.45) is 0 Å². The molecular formula is C15H31N3O2. The van der Waals surface area contributed by atoms with Crippen molar-refractivity contribution >= 4 is 5.97 Å². The molecule has 1 heterocycles. The highest BCUT2D eigenvalue weighted by Crippen LogP contribution is 2.17. The van der Waals surface area contributed by atoms with Crippen LogP contribution in [0, 0.1) is 0 Å². The van der Waals surface area contributed by atoms with Gasteiger partial charge in [-0.15, -0.1) is 0 Å². The number of likely N-dealkylation sites (tertiary alicyclic amines) is 1. The van der Waals surface area contributed by atoms with Gasteiger partial charge in [0, 0.05) is 6.04 Å². The first-order chi connectivity index (χ1) is 9.39. The highest BCUT2D eigenvalue weighted by Gasteiger charge is 2.30. The van der Waals surface area contributed by atoms with E-state index in [1.54, 1.807) is 14.0 Å². The normalized spacial score (nSPS) is 21.1. The standard InChI is InChI=1S/C15H31N3O2/c1-15(16-2,14(19)20)9-5-6-10-18-11-7-13(8-12-18)17(3)4/h13,16H,5-12H2,1-4H3,(H,19,20). The van der Waals surface area contributed by atoms with Crippen LogP contribution in [0.4, 0.5) is 0 Å². The Morgan fingerprint density at radius 3 is 2.40 bits per heavy atom. The van der Waals surface area contributed by atoms with Gasteiger partial charge >= 0.3 is 5.97 Å². The molecular weight excluding hydrogens is 254 g/mol. The van der Waals surface area contributed by atoms with Crippen molar-refractivity contribution in [1.29, 1.82) is 0 Å². The number of hydrogen-bond donors (Lipinski definition) is 2. The van der Waals surface area contributed by atoms with Crippen LogP contribution < -0.4 is 5.32 Å². The van der Waals surface area contributed by atoms with E-state index in [9.17, 15) is 9.90 Å². The molecule has 0 aromatic carbocycles. The first-order valence-corrected chi connectivity index (χ1v) is 7.70. The number of nitrogens with one attached hydrogen (secondary N) is 1. The minimum atomic E-state index is -0.780. The summed E-state index contributed by atoms with van der Waals surface area (Å²) in [6.07, 6.45) is 5.22. The van der Waals surface area contributed by atoms with E-state index in [1.165, 1.54) is 25.9 Å². The molecule has 1 saturated heterocycles. The van der Waals surface area contributed by atoms with Gasteiger partial charge in [-0.25, -0.2) is 0 Å². The second-order valence-corrected chi connectivity index (χ2v) is 6.38. The van der Waals surface area contributed by atoms with Gasteiger partial charge in [0.15, 0.2) is 0 Å². The lowest BCUT2D eigenvalue weighted by Gasteiger charge is -2.35. The zero-order chi connectivity index (χ0) is 15.2. The summed E-state index contributed by atoms with van der Waals surface area (Å²) in [5.74, 6) is -0.758. The molecule has 0 aliphatic carbocycles. The van der Waals surface area contributed by atoms with E-state index in [1.807, 2.05) is 0 Å². The van der Waals surface area contributed by atoms with Crippen molar-refractivity contribution < 1.29 is 9.90 Å². The number of aliphatic carboxylic acids is 1. The molecule has 1 fully saturated rings. The van der Waals surface area contributed by atoms with Gasteiger partial charge in [-0.1, -0.05) is 0 Å². The van der Waals surface area contributed by atoms with Crippen LogP contribution in [0.5, 0.6) is 0 Å². The fourth-order valence-electron chi connectivity index (χ4n) is 2.81. The Morgan fingerprint density at radius 2 is 1.95 bits per heavy atom. The molecule has 0 saturated carbocycles. The minimum absolute atomic E-state index is 0.687. The van der Waals surface area contributed by atoms with Gasteiger partial charge in [0.05, 0.1) is 0 Å². The van der Waals surface area contributed by atoms with Crippen molar-refractivity contribution in [1.82, 2.24) is 15.1 Å². The molecule has 0 aromatic rings. The van der Waals surface area contributed by atoms with E-state index in [-0.39, 0.29) is 0 Å². The van der Waals surface area contributed by atoms with Gasteiger partial charge in [0.2, 0.25) is 0 Å². The largest absolute Gasteiger partial charge is 0.480 e. The monoisotopic (exact) mass is 285 g/mol. The molecule has 0 bridgehead atoms. The Hall–Kier alpha value is -0.650. The van der Waals surface area contributed by atoms with Crippen molar-refractivity contribution in [2.75, 3.05) is 40.8 Å². The highest BCUT2D eigenvalue weighted by atomic mass is 16.4. The number of hydrogen-bond acceptors (Lipinski definition) is 4. The molecule has 1 aliphatic rings. The maximum Gasteiger partial charge on any atom is 0.323 e. The quantitative estimate of drug-likeness (QED) is 0.657. The number of rotatable bonds is 8. The van der Waals surface area contributed by atoms with Gasteiger partial charge in [-0.2, -0.15) is 0 Å². The van der Waals surface area contributed by atoms with E-state index in [4.69, 9.17) is 0 Å². The third-order valence-electron chi connectivity index (χ3n) is 4.71. The summed E-state index contributed by atoms with van der Waals surface area (Å²) in [5.41, 5.74) is -0.780. The van der Waals surface area contributed by atoms with Gasteiger partial charge in [0.25, 0.3) is 0 Å². The molecule has 1 rings (SSSR count). The minimum Gasteiger partial charge on any atom is -0.480 e. The van der Waals surface area contributed by atoms with Crippen LogP contribution in [0.15, 0.2) is 0 Å². The van der Waals surface area contributed by atoms with Crippen molar-refractivity contribution in [2.45, 2.75) is 50.6 Å². The number of unbranched alkanes of at least 4 members (excludes halogenated alkanes) is 1. The fraction of sp³-hybridized carbons (Fsp3) is 0.933. The summed E-state index contributed by atoms with van der Waals surface area (Å²) >= 11 is 0. The molecule has 2 N–H and O–H groups in total. The summed E-state index contributed by atoms with van der Waals surface area (Å²) in [4.78, 5) is 16.0. The van der Waals surface area contributed by atoms with E-state index >= 15 is 0 Å². The van der Waals surface area contributed by atoms with Crippen LogP contribution in [0.25, 0.3) is 0 Å². The second kappa shape index (κ2) is 7.96. The molecule has 5 heteroatoms. The Labute approximate surface area is 123 Å². The Kier molecular flexibility index (Phi) is 6.92. The first-order valence-electron chi connectivity index (χ1n) is 7.70. The Bertz CT molecular complexity index is 301. The first kappa shape index (κ1) is 17.4. The average molecular weight is 285 g/mol. The molecule has 20 heavy (non-hydrogen) atoms. The zero-order valence-electron chi connectivity index (χ0n) is 13.5. The van der Waals surface area contributed by atoms with Gasteiger partial charge < -0.3 is 20.2 Å². The third-order valence-corrected chi connectivity index (χ3v) is 4.71. The summed E-state index contributed by atoms with van der Waals surface area (Å²) in [5, 5.41) is 12.1. The van der Waals surface area contributed by atoms with Crippen LogP contribution in [-0.4, -0.2) is 73.2 Å². The van der Waals surface area contributed by atoms with E-state index in [0.29, 0.717) is 6.42 Å². The Morgan fingerprint density at radius 1 is 1.35 bits per heavy atom. The zero-order valence-corrected chi connectivity index (χ0v) is 13.5. The van der Waals surface area contributed by atoms with E-state index in [2.05, 4.69) is 29.2 Å². The molecule has 0 radical (unpaired) electrons. The topological polar surface area (TPSA) is 55.8 Å². The lowest BCUT2D eigenvalue weighted by molar-refractivity contribution is -0.144. The fourth-order valence-corrected chi connectivity index (χ4v) is 2.81. The second-order valence-electron chi connectivity index (χ2n) is 6.38. The summed E-state index contributed by atoms with van der Waals surface area (Å²) in [6, 6.07) is 0.728. The Balaban J connectivity index is 2.18. The summed E-state index contributed by atoms with van der Waals surface area (Å²) in [6.45, 7) is 5.20. The maximum atomic E-state index is 11.2. The SMILES string of the molecule is CNC(C)(CCCCN1CCC(N(C)C)CC1)C(=O)O. The lowest BCUT2D eigenvalue weighted by Crippen LogP contribution is -2.47. The van der Waals surface area contributed by atoms with Crippen LogP contribution >= 0.6 is 0 Å². The summed E-state index contributed by atoms with van der Waals surface area (Å²) in [7, 11) is 6.04. The molecule has 0 amide bonds. The van der Waals surface area contributed by atoms with Crippen molar-refractivity contribution in [3.05, 3.63) is 0 Å². The van der Waals surface area contributed by atoms with E-state index < -0.39 is 11.5 Å². The van der Waals surface area contributed by atoms with Gasteiger partial charge in [-0.3, -0.25) is 4.79 Å². The average Bonchev–Trinajstić information content (AvgIpc) is 2.43. The van der Waals surface area contributed by atoms with Crippen LogP contribution in [0.3, 0.4) is 0 Å². The van der Waals surface area contributed by atoms with Crippen molar-refractivity contribution in [3.63, 3.8) is 0 Å². The number of piperidine rings is 1. The smallest absolute Gasteiger partial charge is 0.323 e. The highest BCUT2D eigenvalue weighted by molar-refractivity contribution is 5.78. The van der Waals surface area contributed by atoms with Crippen LogP contribution in [-0.2, 0) is 4.79 Å². The van der Waals surface area contributed by atoms with E-state index in [0.717, 1.165) is 25.4 Å². The van der Waals surface area contributed by atoms with Crippen molar-refractivity contribution in [3.8, 4) is 0 Å². The number of likely N-dealkylation sites (N-methyl/N-ethyl adjacent to an activating group) is 1. The number of carbonyl (C=O) groups is 1. The predicted octanol–water partition coefficient (Wildman–Crippen LogP) is 1.25. The van der Waals surface area contributed by atoms with Gasteiger partial charge in [0.1, 0.15) is 5.54 Å². The number of carboxylic acids is 1. The molecule has 5 nitrogen and oxygen atoms in total.